The van der Waals surface area contributed by atoms with Gasteiger partial charge in [0.2, 0.25) is 0 Å². The van der Waals surface area contributed by atoms with Gasteiger partial charge in [-0.05, 0) is 31.4 Å². The zero-order chi connectivity index (χ0) is 10.1. The fourth-order valence-corrected chi connectivity index (χ4v) is 2.05. The summed E-state index contributed by atoms with van der Waals surface area (Å²) >= 11 is 6.02. The number of aliphatic hydroxyl groups excluding tert-OH is 1. The molecule has 0 saturated carbocycles. The second-order valence-corrected chi connectivity index (χ2v) is 4.02. The largest absolute Gasteiger partial charge is 0.492 e. The number of benzene rings is 1. The predicted molar refractivity (Wildman–Crippen MR) is 55.9 cm³/mol. The van der Waals surface area contributed by atoms with Crippen molar-refractivity contribution in [2.45, 2.75) is 25.9 Å². The number of aryl methyl sites for hydroxylation is 1. The van der Waals surface area contributed by atoms with Crippen LogP contribution in [0.5, 0.6) is 5.75 Å². The second kappa shape index (κ2) is 3.79. The summed E-state index contributed by atoms with van der Waals surface area (Å²) in [5, 5.41) is 10.5. The lowest BCUT2D eigenvalue weighted by Gasteiger charge is -2.14. The van der Waals surface area contributed by atoms with E-state index in [4.69, 9.17) is 16.3 Å². The molecule has 0 aromatic heterocycles. The van der Waals surface area contributed by atoms with Crippen LogP contribution in [0.2, 0.25) is 5.02 Å². The molecule has 14 heavy (non-hydrogen) atoms. The number of rotatable bonds is 0. The highest BCUT2D eigenvalue weighted by Gasteiger charge is 2.21. The Morgan fingerprint density at radius 3 is 3.07 bits per heavy atom. The summed E-state index contributed by atoms with van der Waals surface area (Å²) < 4.78 is 5.54. The molecule has 0 amide bonds. The van der Waals surface area contributed by atoms with Crippen LogP contribution in [0.25, 0.3) is 0 Å². The van der Waals surface area contributed by atoms with Crippen LogP contribution in [-0.2, 0) is 0 Å². The molecule has 0 bridgehead atoms. The van der Waals surface area contributed by atoms with Crippen molar-refractivity contribution in [3.8, 4) is 5.75 Å². The monoisotopic (exact) mass is 212 g/mol. The van der Waals surface area contributed by atoms with Gasteiger partial charge in [0.25, 0.3) is 0 Å². The molecule has 0 fully saturated rings. The van der Waals surface area contributed by atoms with Gasteiger partial charge in [-0.2, -0.15) is 0 Å². The minimum absolute atomic E-state index is 0.439. The minimum atomic E-state index is -0.439. The van der Waals surface area contributed by atoms with E-state index in [-0.39, 0.29) is 0 Å². The summed E-state index contributed by atoms with van der Waals surface area (Å²) in [5.41, 5.74) is 1.90. The summed E-state index contributed by atoms with van der Waals surface area (Å²) in [6.07, 6.45) is 1.17. The Hall–Kier alpha value is -0.730. The lowest BCUT2D eigenvalue weighted by molar-refractivity contribution is 0.167. The third kappa shape index (κ3) is 1.60. The fraction of sp³-hybridized carbons (Fsp3) is 0.455. The first-order valence-electron chi connectivity index (χ1n) is 4.80. The molecule has 2 rings (SSSR count). The number of fused-ring (bicyclic) bond motifs is 1. The van der Waals surface area contributed by atoms with Crippen LogP contribution in [0.1, 0.15) is 30.1 Å². The number of ether oxygens (including phenoxy) is 1. The first-order valence-corrected chi connectivity index (χ1v) is 5.18. The number of aliphatic hydroxyl groups is 1. The Labute approximate surface area is 88.5 Å². The Morgan fingerprint density at radius 1 is 1.50 bits per heavy atom. The van der Waals surface area contributed by atoms with Gasteiger partial charge in [-0.1, -0.05) is 17.7 Å². The van der Waals surface area contributed by atoms with E-state index < -0.39 is 6.10 Å². The highest BCUT2D eigenvalue weighted by Crippen LogP contribution is 2.38. The number of hydrogen-bond donors (Lipinski definition) is 1. The molecule has 1 aliphatic rings. The first-order chi connectivity index (χ1) is 6.70. The van der Waals surface area contributed by atoms with Gasteiger partial charge < -0.3 is 9.84 Å². The van der Waals surface area contributed by atoms with Gasteiger partial charge in [0.05, 0.1) is 17.7 Å². The van der Waals surface area contributed by atoms with Crippen LogP contribution in [0.3, 0.4) is 0 Å². The average molecular weight is 213 g/mol. The molecule has 1 heterocycles. The molecule has 0 saturated heterocycles. The van der Waals surface area contributed by atoms with E-state index in [2.05, 4.69) is 0 Å². The van der Waals surface area contributed by atoms with Crippen LogP contribution in [-0.4, -0.2) is 11.7 Å². The van der Waals surface area contributed by atoms with Crippen molar-refractivity contribution in [2.75, 3.05) is 6.61 Å². The Kier molecular flexibility index (Phi) is 2.66. The topological polar surface area (TPSA) is 29.5 Å². The van der Waals surface area contributed by atoms with E-state index >= 15 is 0 Å². The van der Waals surface area contributed by atoms with Gasteiger partial charge in [0, 0.05) is 5.56 Å². The molecule has 0 aliphatic carbocycles. The van der Waals surface area contributed by atoms with E-state index in [1.807, 2.05) is 19.1 Å². The molecule has 1 atom stereocenters. The number of hydrogen-bond acceptors (Lipinski definition) is 2. The third-order valence-corrected chi connectivity index (χ3v) is 2.87. The molecule has 1 aromatic carbocycles. The van der Waals surface area contributed by atoms with Crippen molar-refractivity contribution >= 4 is 11.6 Å². The second-order valence-electron chi connectivity index (χ2n) is 3.61. The SMILES string of the molecule is Cc1ccc(Cl)c2c1C(O)CCCO2. The van der Waals surface area contributed by atoms with E-state index in [0.29, 0.717) is 17.4 Å². The summed E-state index contributed by atoms with van der Waals surface area (Å²) in [6, 6.07) is 3.73. The van der Waals surface area contributed by atoms with Crippen LogP contribution >= 0.6 is 11.6 Å². The van der Waals surface area contributed by atoms with Gasteiger partial charge >= 0.3 is 0 Å². The maximum Gasteiger partial charge on any atom is 0.143 e. The summed E-state index contributed by atoms with van der Waals surface area (Å²) in [7, 11) is 0. The van der Waals surface area contributed by atoms with Gasteiger partial charge in [-0.15, -0.1) is 0 Å². The van der Waals surface area contributed by atoms with Gasteiger partial charge in [0.15, 0.2) is 0 Å². The molecule has 1 unspecified atom stereocenters. The highest BCUT2D eigenvalue weighted by atomic mass is 35.5. The summed E-state index contributed by atoms with van der Waals surface area (Å²) in [6.45, 7) is 2.60. The Morgan fingerprint density at radius 2 is 2.29 bits per heavy atom. The van der Waals surface area contributed by atoms with E-state index in [1.165, 1.54) is 0 Å². The van der Waals surface area contributed by atoms with Crippen molar-refractivity contribution in [2.24, 2.45) is 0 Å². The van der Waals surface area contributed by atoms with Gasteiger partial charge in [-0.3, -0.25) is 0 Å². The van der Waals surface area contributed by atoms with Crippen molar-refractivity contribution in [3.63, 3.8) is 0 Å². The van der Waals surface area contributed by atoms with Gasteiger partial charge in [0.1, 0.15) is 5.75 Å². The minimum Gasteiger partial charge on any atom is -0.492 e. The molecule has 3 heteroatoms. The maximum absolute atomic E-state index is 9.91. The molecular weight excluding hydrogens is 200 g/mol. The summed E-state index contributed by atoms with van der Waals surface area (Å²) in [4.78, 5) is 0. The van der Waals surface area contributed by atoms with Crippen LogP contribution < -0.4 is 4.74 Å². The Bertz CT molecular complexity index is 349. The van der Waals surface area contributed by atoms with Crippen molar-refractivity contribution in [1.82, 2.24) is 0 Å². The van der Waals surface area contributed by atoms with Crippen LogP contribution in [0, 0.1) is 6.92 Å². The molecule has 1 N–H and O–H groups in total. The quantitative estimate of drug-likeness (QED) is 0.717. The predicted octanol–water partition coefficient (Wildman–Crippen LogP) is 2.85. The highest BCUT2D eigenvalue weighted by molar-refractivity contribution is 6.32. The molecular formula is C11H13ClO2. The third-order valence-electron chi connectivity index (χ3n) is 2.57. The maximum atomic E-state index is 9.91. The smallest absolute Gasteiger partial charge is 0.143 e. The zero-order valence-electron chi connectivity index (χ0n) is 8.09. The van der Waals surface area contributed by atoms with Crippen molar-refractivity contribution < 1.29 is 9.84 Å². The van der Waals surface area contributed by atoms with Crippen LogP contribution in [0.15, 0.2) is 12.1 Å². The van der Waals surface area contributed by atoms with E-state index in [1.54, 1.807) is 0 Å². The molecule has 76 valence electrons. The van der Waals surface area contributed by atoms with E-state index in [9.17, 15) is 5.11 Å². The summed E-state index contributed by atoms with van der Waals surface area (Å²) in [5.74, 6) is 0.664. The van der Waals surface area contributed by atoms with Crippen molar-refractivity contribution in [3.05, 3.63) is 28.3 Å². The first kappa shape index (κ1) is 9.81. The standard InChI is InChI=1S/C11H13ClO2/c1-7-4-5-8(12)11-10(7)9(13)3-2-6-14-11/h4-5,9,13H,2-3,6H2,1H3. The Balaban J connectivity index is 2.57. The lowest BCUT2D eigenvalue weighted by Crippen LogP contribution is -2.00. The van der Waals surface area contributed by atoms with Crippen LogP contribution in [0.4, 0.5) is 0 Å². The molecule has 2 nitrogen and oxygen atoms in total. The lowest BCUT2D eigenvalue weighted by atomic mass is 10.00. The molecule has 1 aliphatic heterocycles. The average Bonchev–Trinajstić information content (AvgIpc) is 2.35. The van der Waals surface area contributed by atoms with Crippen molar-refractivity contribution in [1.29, 1.82) is 0 Å². The van der Waals surface area contributed by atoms with Gasteiger partial charge in [-0.25, -0.2) is 0 Å². The molecule has 0 radical (unpaired) electrons. The molecule has 0 spiro atoms. The normalized spacial score (nSPS) is 20.9. The van der Waals surface area contributed by atoms with E-state index in [0.717, 1.165) is 24.0 Å². The number of halogens is 1. The zero-order valence-corrected chi connectivity index (χ0v) is 8.84. The molecule has 1 aromatic rings. The fourth-order valence-electron chi connectivity index (χ4n) is 1.83.